The average molecular weight is 603 g/mol. The highest BCUT2D eigenvalue weighted by molar-refractivity contribution is 5.97. The molecule has 0 aromatic rings. The van der Waals surface area contributed by atoms with Gasteiger partial charge in [-0.3, -0.25) is 33.8 Å². The number of aliphatic imine (C=N–C) groups is 1. The lowest BCUT2D eigenvalue weighted by Crippen LogP contribution is -2.59. The Hall–Kier alpha value is -4.52. The molecular formula is C23H38N8O11. The number of amides is 4. The first-order valence-electron chi connectivity index (χ1n) is 13.0. The molecule has 0 saturated carbocycles. The Balaban J connectivity index is 3.07. The Morgan fingerprint density at radius 1 is 0.857 bits per heavy atom. The fourth-order valence-electron chi connectivity index (χ4n) is 4.06. The molecule has 4 amide bonds. The number of nitrogens with two attached hydrogens (primary N) is 3. The van der Waals surface area contributed by atoms with E-state index in [-0.39, 0.29) is 44.7 Å². The van der Waals surface area contributed by atoms with Crippen LogP contribution in [0.25, 0.3) is 0 Å². The second kappa shape index (κ2) is 17.3. The molecule has 236 valence electrons. The van der Waals surface area contributed by atoms with Crippen molar-refractivity contribution in [2.75, 3.05) is 19.7 Å². The minimum Gasteiger partial charge on any atom is -0.481 e. The summed E-state index contributed by atoms with van der Waals surface area (Å²) in [5.41, 5.74) is 16.2. The molecule has 1 aliphatic rings. The number of likely N-dealkylation sites (tertiary alicyclic amines) is 1. The van der Waals surface area contributed by atoms with E-state index in [0.717, 1.165) is 4.90 Å². The first kappa shape index (κ1) is 35.5. The normalized spacial score (nSPS) is 17.2. The molecule has 0 radical (unpaired) electrons. The highest BCUT2D eigenvalue weighted by Gasteiger charge is 2.38. The van der Waals surface area contributed by atoms with Gasteiger partial charge >= 0.3 is 17.9 Å². The average Bonchev–Trinajstić information content (AvgIpc) is 3.41. The molecule has 19 heteroatoms. The number of nitrogens with one attached hydrogen (secondary N) is 3. The Labute approximate surface area is 239 Å². The minimum absolute atomic E-state index is 0.0616. The van der Waals surface area contributed by atoms with Crippen LogP contribution in [-0.4, -0.2) is 123 Å². The molecule has 5 atom stereocenters. The van der Waals surface area contributed by atoms with Gasteiger partial charge in [0.1, 0.15) is 24.2 Å². The van der Waals surface area contributed by atoms with Crippen molar-refractivity contribution in [3.8, 4) is 0 Å². The third-order valence-electron chi connectivity index (χ3n) is 6.21. The zero-order valence-electron chi connectivity index (χ0n) is 22.7. The highest BCUT2D eigenvalue weighted by Crippen LogP contribution is 2.20. The Morgan fingerprint density at radius 3 is 2.00 bits per heavy atom. The van der Waals surface area contributed by atoms with Crippen molar-refractivity contribution in [1.82, 2.24) is 20.9 Å². The zero-order chi connectivity index (χ0) is 32.0. The van der Waals surface area contributed by atoms with E-state index in [1.165, 1.54) is 0 Å². The van der Waals surface area contributed by atoms with Gasteiger partial charge in [-0.1, -0.05) is 0 Å². The zero-order valence-corrected chi connectivity index (χ0v) is 22.7. The van der Waals surface area contributed by atoms with Crippen molar-refractivity contribution in [1.29, 1.82) is 0 Å². The van der Waals surface area contributed by atoms with E-state index in [0.29, 0.717) is 6.42 Å². The van der Waals surface area contributed by atoms with Gasteiger partial charge in [0, 0.05) is 19.5 Å². The van der Waals surface area contributed by atoms with Gasteiger partial charge in [-0.05, 0) is 32.1 Å². The van der Waals surface area contributed by atoms with E-state index in [9.17, 15) is 48.9 Å². The number of aliphatic hydroxyl groups excluding tert-OH is 1. The first-order valence-corrected chi connectivity index (χ1v) is 13.0. The fourth-order valence-corrected chi connectivity index (χ4v) is 4.06. The van der Waals surface area contributed by atoms with Crippen LogP contribution in [0.4, 0.5) is 0 Å². The van der Waals surface area contributed by atoms with E-state index in [2.05, 4.69) is 20.9 Å². The van der Waals surface area contributed by atoms with Gasteiger partial charge in [0.05, 0.1) is 19.1 Å². The van der Waals surface area contributed by atoms with Crippen LogP contribution in [0.3, 0.4) is 0 Å². The maximum Gasteiger partial charge on any atom is 0.326 e. The number of aliphatic hydroxyl groups is 1. The summed E-state index contributed by atoms with van der Waals surface area (Å²) in [6, 6.07) is -7.27. The fraction of sp³-hybridized carbons (Fsp3) is 0.652. The quantitative estimate of drug-likeness (QED) is 0.0400. The molecule has 42 heavy (non-hydrogen) atoms. The van der Waals surface area contributed by atoms with E-state index in [1.54, 1.807) is 0 Å². The van der Waals surface area contributed by atoms with Crippen LogP contribution in [-0.2, 0) is 33.6 Å². The molecule has 0 bridgehead atoms. The van der Waals surface area contributed by atoms with Gasteiger partial charge in [0.2, 0.25) is 23.6 Å². The van der Waals surface area contributed by atoms with E-state index in [1.807, 2.05) is 0 Å². The first-order chi connectivity index (χ1) is 19.7. The molecule has 1 heterocycles. The molecule has 0 aromatic heterocycles. The van der Waals surface area contributed by atoms with Gasteiger partial charge in [0.15, 0.2) is 5.96 Å². The predicted molar refractivity (Wildman–Crippen MR) is 142 cm³/mol. The molecule has 1 aliphatic heterocycles. The standard InChI is InChI=1S/C23H38N8O11/c24-11(5-6-16(33)34)18(37)30-14(10-32)20(39)29-13(9-17(35)36)19(38)28-12(3-1-7-27-23(25)26)21(40)31-8-2-4-15(31)22(41)42/h11-15,32H,1-10,24H2,(H,28,38)(H,29,39)(H,30,37)(H,33,34)(H,35,36)(H,41,42)(H4,25,26,27)/t11-,12-,13-,14-,15-/m0/s1. The van der Waals surface area contributed by atoms with Crippen LogP contribution in [0.15, 0.2) is 4.99 Å². The van der Waals surface area contributed by atoms with Crippen molar-refractivity contribution >= 4 is 47.5 Å². The SMILES string of the molecule is NC(N)=NCCC[C@H](NC(=O)[C@H](CC(=O)O)NC(=O)[C@H](CO)NC(=O)[C@@H](N)CCC(=O)O)C(=O)N1CCC[C@H]1C(=O)O. The second-order valence-electron chi connectivity index (χ2n) is 9.48. The number of nitrogens with zero attached hydrogens (tertiary/aromatic N) is 2. The third kappa shape index (κ3) is 11.9. The summed E-state index contributed by atoms with van der Waals surface area (Å²) in [6.45, 7) is -0.813. The smallest absolute Gasteiger partial charge is 0.326 e. The van der Waals surface area contributed by atoms with Gasteiger partial charge in [-0.25, -0.2) is 4.79 Å². The summed E-state index contributed by atoms with van der Waals surface area (Å²) < 4.78 is 0. The van der Waals surface area contributed by atoms with Crippen LogP contribution in [0.1, 0.15) is 44.9 Å². The largest absolute Gasteiger partial charge is 0.481 e. The lowest BCUT2D eigenvalue weighted by molar-refractivity contribution is -0.149. The lowest BCUT2D eigenvalue weighted by Gasteiger charge is -2.29. The van der Waals surface area contributed by atoms with Crippen molar-refractivity contribution in [2.45, 2.75) is 75.2 Å². The Bertz CT molecular complexity index is 1050. The maximum atomic E-state index is 13.3. The Kier molecular flexibility index (Phi) is 14.6. The summed E-state index contributed by atoms with van der Waals surface area (Å²) in [5.74, 6) is -8.18. The van der Waals surface area contributed by atoms with Crippen molar-refractivity contribution in [2.24, 2.45) is 22.2 Å². The topological polar surface area (TPSA) is 330 Å². The number of carbonyl (C=O) groups excluding carboxylic acids is 4. The predicted octanol–water partition coefficient (Wildman–Crippen LogP) is -4.77. The summed E-state index contributed by atoms with van der Waals surface area (Å²) >= 11 is 0. The summed E-state index contributed by atoms with van der Waals surface area (Å²) in [4.78, 5) is 89.9. The molecule has 0 unspecified atom stereocenters. The summed E-state index contributed by atoms with van der Waals surface area (Å²) in [5, 5.41) is 43.6. The van der Waals surface area contributed by atoms with E-state index in [4.69, 9.17) is 22.3 Å². The van der Waals surface area contributed by atoms with Gasteiger partial charge in [-0.15, -0.1) is 0 Å². The summed E-state index contributed by atoms with van der Waals surface area (Å²) in [6.07, 6.45) is -0.979. The molecule has 1 saturated heterocycles. The number of carboxylic acids is 3. The van der Waals surface area contributed by atoms with Crippen molar-refractivity contribution < 1.29 is 54.0 Å². The molecule has 13 N–H and O–H groups in total. The molecule has 1 fully saturated rings. The highest BCUT2D eigenvalue weighted by atomic mass is 16.4. The monoisotopic (exact) mass is 602 g/mol. The summed E-state index contributed by atoms with van der Waals surface area (Å²) in [7, 11) is 0. The number of guanidine groups is 1. The lowest BCUT2D eigenvalue weighted by atomic mass is 10.1. The molecular weight excluding hydrogens is 564 g/mol. The molecule has 1 rings (SSSR count). The Morgan fingerprint density at radius 2 is 1.45 bits per heavy atom. The third-order valence-corrected chi connectivity index (χ3v) is 6.21. The molecule has 0 aliphatic carbocycles. The van der Waals surface area contributed by atoms with Crippen LogP contribution >= 0.6 is 0 Å². The second-order valence-corrected chi connectivity index (χ2v) is 9.48. The molecule has 0 spiro atoms. The number of hydrogen-bond donors (Lipinski definition) is 10. The van der Waals surface area contributed by atoms with Crippen LogP contribution in [0, 0.1) is 0 Å². The van der Waals surface area contributed by atoms with E-state index >= 15 is 0 Å². The van der Waals surface area contributed by atoms with Crippen molar-refractivity contribution in [3.63, 3.8) is 0 Å². The number of aliphatic carboxylic acids is 3. The van der Waals surface area contributed by atoms with Crippen LogP contribution in [0.2, 0.25) is 0 Å². The van der Waals surface area contributed by atoms with Crippen LogP contribution < -0.4 is 33.2 Å². The van der Waals surface area contributed by atoms with E-state index < -0.39 is 91.2 Å². The van der Waals surface area contributed by atoms with Gasteiger partial charge < -0.3 is 58.5 Å². The molecule has 19 nitrogen and oxygen atoms in total. The van der Waals surface area contributed by atoms with Gasteiger partial charge in [0.25, 0.3) is 0 Å². The van der Waals surface area contributed by atoms with Crippen molar-refractivity contribution in [3.05, 3.63) is 0 Å². The number of carboxylic acid groups (broad SMARTS) is 3. The number of carbonyl (C=O) groups is 7. The van der Waals surface area contributed by atoms with Crippen LogP contribution in [0.5, 0.6) is 0 Å². The number of hydrogen-bond acceptors (Lipinski definition) is 10. The molecule has 0 aromatic carbocycles. The maximum absolute atomic E-state index is 13.3. The van der Waals surface area contributed by atoms with Gasteiger partial charge in [-0.2, -0.15) is 0 Å². The number of rotatable bonds is 18. The minimum atomic E-state index is -1.79.